The summed E-state index contributed by atoms with van der Waals surface area (Å²) in [5.41, 5.74) is 5.49. The Balaban J connectivity index is 1.86. The van der Waals surface area contributed by atoms with Crippen molar-refractivity contribution in [2.24, 2.45) is 17.6 Å². The van der Waals surface area contributed by atoms with Crippen LogP contribution in [-0.2, 0) is 9.59 Å². The molecular formula is C14H25N3O2. The summed E-state index contributed by atoms with van der Waals surface area (Å²) in [5, 5.41) is 3.05. The summed E-state index contributed by atoms with van der Waals surface area (Å²) >= 11 is 0. The van der Waals surface area contributed by atoms with Gasteiger partial charge >= 0.3 is 0 Å². The molecule has 5 heteroatoms. The molecule has 108 valence electrons. The van der Waals surface area contributed by atoms with E-state index in [9.17, 15) is 9.59 Å². The average molecular weight is 267 g/mol. The summed E-state index contributed by atoms with van der Waals surface area (Å²) in [6, 6.07) is 0.282. The van der Waals surface area contributed by atoms with Crippen molar-refractivity contribution < 1.29 is 9.59 Å². The van der Waals surface area contributed by atoms with Crippen LogP contribution >= 0.6 is 0 Å². The van der Waals surface area contributed by atoms with Crippen molar-refractivity contribution in [3.8, 4) is 0 Å². The molecule has 0 bridgehead atoms. The molecule has 2 rings (SSSR count). The first kappa shape index (κ1) is 14.3. The van der Waals surface area contributed by atoms with E-state index in [2.05, 4.69) is 5.32 Å². The standard InChI is InChI=1S/C14H25N3O2/c1-10(3-2-7-15)14(19)17-8-6-12-11(9-17)4-5-13(18)16-12/h10-12H,2-9,15H2,1H3,(H,16,18). The summed E-state index contributed by atoms with van der Waals surface area (Å²) < 4.78 is 0. The van der Waals surface area contributed by atoms with E-state index in [4.69, 9.17) is 5.73 Å². The number of fused-ring (bicyclic) bond motifs is 1. The van der Waals surface area contributed by atoms with Crippen molar-refractivity contribution in [1.29, 1.82) is 0 Å². The molecule has 5 nitrogen and oxygen atoms in total. The van der Waals surface area contributed by atoms with Gasteiger partial charge in [0.2, 0.25) is 11.8 Å². The molecule has 0 aromatic heterocycles. The number of nitrogens with two attached hydrogens (primary N) is 1. The highest BCUT2D eigenvalue weighted by atomic mass is 16.2. The van der Waals surface area contributed by atoms with E-state index < -0.39 is 0 Å². The van der Waals surface area contributed by atoms with Gasteiger partial charge in [0.1, 0.15) is 0 Å². The summed E-state index contributed by atoms with van der Waals surface area (Å²) in [6.45, 7) is 4.21. The van der Waals surface area contributed by atoms with Crippen LogP contribution in [0.4, 0.5) is 0 Å². The van der Waals surface area contributed by atoms with Gasteiger partial charge in [0.25, 0.3) is 0 Å². The van der Waals surface area contributed by atoms with Crippen molar-refractivity contribution in [2.45, 2.75) is 45.1 Å². The second-order valence-corrected chi connectivity index (χ2v) is 5.88. The van der Waals surface area contributed by atoms with Crippen LogP contribution in [0.1, 0.15) is 39.0 Å². The molecule has 2 fully saturated rings. The van der Waals surface area contributed by atoms with E-state index in [1.807, 2.05) is 11.8 Å². The fourth-order valence-electron chi connectivity index (χ4n) is 3.17. The molecule has 2 saturated heterocycles. The van der Waals surface area contributed by atoms with E-state index in [1.165, 1.54) is 0 Å². The fourth-order valence-corrected chi connectivity index (χ4v) is 3.17. The SMILES string of the molecule is CC(CCCN)C(=O)N1CCC2NC(=O)CCC2C1. The number of rotatable bonds is 4. The Morgan fingerprint density at radius 2 is 2.32 bits per heavy atom. The fraction of sp³-hybridized carbons (Fsp3) is 0.857. The third-order valence-electron chi connectivity index (χ3n) is 4.40. The number of carbonyl (C=O) groups excluding carboxylic acids is 2. The molecule has 0 saturated carbocycles. The van der Waals surface area contributed by atoms with Gasteiger partial charge in [0.05, 0.1) is 0 Å². The zero-order chi connectivity index (χ0) is 13.8. The Hall–Kier alpha value is -1.10. The number of piperidine rings is 2. The topological polar surface area (TPSA) is 75.4 Å². The first-order valence-electron chi connectivity index (χ1n) is 7.40. The molecule has 3 N–H and O–H groups in total. The molecule has 2 aliphatic heterocycles. The van der Waals surface area contributed by atoms with Crippen molar-refractivity contribution in [2.75, 3.05) is 19.6 Å². The summed E-state index contributed by atoms with van der Waals surface area (Å²) in [7, 11) is 0. The van der Waals surface area contributed by atoms with Crippen LogP contribution in [0.3, 0.4) is 0 Å². The maximum Gasteiger partial charge on any atom is 0.225 e. The molecule has 2 amide bonds. The van der Waals surface area contributed by atoms with Crippen LogP contribution in [0, 0.1) is 11.8 Å². The predicted molar refractivity (Wildman–Crippen MR) is 73.3 cm³/mol. The number of likely N-dealkylation sites (tertiary alicyclic amines) is 1. The Morgan fingerprint density at radius 3 is 3.05 bits per heavy atom. The van der Waals surface area contributed by atoms with Crippen molar-refractivity contribution in [1.82, 2.24) is 10.2 Å². The van der Waals surface area contributed by atoms with Crippen LogP contribution < -0.4 is 11.1 Å². The van der Waals surface area contributed by atoms with Crippen LogP contribution in [0.5, 0.6) is 0 Å². The molecule has 2 aliphatic rings. The monoisotopic (exact) mass is 267 g/mol. The van der Waals surface area contributed by atoms with Crippen LogP contribution in [0.2, 0.25) is 0 Å². The van der Waals surface area contributed by atoms with Crippen molar-refractivity contribution >= 4 is 11.8 Å². The second-order valence-electron chi connectivity index (χ2n) is 5.88. The maximum atomic E-state index is 12.3. The molecule has 2 heterocycles. The highest BCUT2D eigenvalue weighted by Crippen LogP contribution is 2.26. The number of nitrogens with one attached hydrogen (secondary N) is 1. The lowest BCUT2D eigenvalue weighted by Gasteiger charge is -2.42. The van der Waals surface area contributed by atoms with Gasteiger partial charge in [0, 0.05) is 31.5 Å². The van der Waals surface area contributed by atoms with Crippen LogP contribution in [-0.4, -0.2) is 42.4 Å². The highest BCUT2D eigenvalue weighted by molar-refractivity contribution is 5.79. The van der Waals surface area contributed by atoms with Gasteiger partial charge in [0.15, 0.2) is 0 Å². The number of hydrogen-bond donors (Lipinski definition) is 2. The highest BCUT2D eigenvalue weighted by Gasteiger charge is 2.35. The van der Waals surface area contributed by atoms with Gasteiger partial charge in [-0.1, -0.05) is 6.92 Å². The van der Waals surface area contributed by atoms with Crippen LogP contribution in [0.15, 0.2) is 0 Å². The second kappa shape index (κ2) is 6.37. The Morgan fingerprint density at radius 1 is 1.53 bits per heavy atom. The third kappa shape index (κ3) is 3.47. The number of hydrogen-bond acceptors (Lipinski definition) is 3. The number of nitrogens with zero attached hydrogens (tertiary/aromatic N) is 1. The largest absolute Gasteiger partial charge is 0.353 e. The Kier molecular flexibility index (Phi) is 4.80. The number of amides is 2. The minimum Gasteiger partial charge on any atom is -0.353 e. The lowest BCUT2D eigenvalue weighted by atomic mass is 9.84. The lowest BCUT2D eigenvalue weighted by molar-refractivity contribution is -0.138. The Bertz CT molecular complexity index is 346. The minimum absolute atomic E-state index is 0.0679. The first-order chi connectivity index (χ1) is 9.11. The first-order valence-corrected chi connectivity index (χ1v) is 7.40. The van der Waals surface area contributed by atoms with Gasteiger partial charge in [-0.15, -0.1) is 0 Å². The molecule has 3 atom stereocenters. The van der Waals surface area contributed by atoms with E-state index in [0.717, 1.165) is 38.8 Å². The zero-order valence-corrected chi connectivity index (χ0v) is 11.7. The van der Waals surface area contributed by atoms with E-state index in [-0.39, 0.29) is 23.8 Å². The lowest BCUT2D eigenvalue weighted by Crippen LogP contribution is -2.55. The zero-order valence-electron chi connectivity index (χ0n) is 11.7. The molecule has 0 radical (unpaired) electrons. The van der Waals surface area contributed by atoms with Gasteiger partial charge in [-0.05, 0) is 38.1 Å². The summed E-state index contributed by atoms with van der Waals surface area (Å²) in [6.07, 6.45) is 4.19. The third-order valence-corrected chi connectivity index (χ3v) is 4.40. The molecule has 0 spiro atoms. The van der Waals surface area contributed by atoms with E-state index >= 15 is 0 Å². The molecule has 19 heavy (non-hydrogen) atoms. The maximum absolute atomic E-state index is 12.3. The predicted octanol–water partition coefficient (Wildman–Crippen LogP) is 0.489. The quantitative estimate of drug-likeness (QED) is 0.778. The van der Waals surface area contributed by atoms with Crippen molar-refractivity contribution in [3.05, 3.63) is 0 Å². The van der Waals surface area contributed by atoms with E-state index in [0.29, 0.717) is 18.9 Å². The van der Waals surface area contributed by atoms with Crippen molar-refractivity contribution in [3.63, 3.8) is 0 Å². The minimum atomic E-state index is 0.0679. The smallest absolute Gasteiger partial charge is 0.225 e. The molecule has 0 aliphatic carbocycles. The summed E-state index contributed by atoms with van der Waals surface area (Å²) in [4.78, 5) is 25.7. The molecule has 0 aromatic carbocycles. The molecule has 3 unspecified atom stereocenters. The molecule has 0 aromatic rings. The van der Waals surface area contributed by atoms with Crippen LogP contribution in [0.25, 0.3) is 0 Å². The summed E-state index contributed by atoms with van der Waals surface area (Å²) in [5.74, 6) is 0.927. The van der Waals surface area contributed by atoms with Gasteiger partial charge in [-0.3, -0.25) is 9.59 Å². The molecular weight excluding hydrogens is 242 g/mol. The van der Waals surface area contributed by atoms with E-state index in [1.54, 1.807) is 0 Å². The number of carbonyl (C=O) groups is 2. The average Bonchev–Trinajstić information content (AvgIpc) is 2.43. The van der Waals surface area contributed by atoms with Gasteiger partial charge < -0.3 is 16.0 Å². The normalized spacial score (nSPS) is 28.5. The van der Waals surface area contributed by atoms with Gasteiger partial charge in [-0.2, -0.15) is 0 Å². The Labute approximate surface area is 114 Å². The van der Waals surface area contributed by atoms with Gasteiger partial charge in [-0.25, -0.2) is 0 Å².